The van der Waals surface area contributed by atoms with Gasteiger partial charge in [0.05, 0.1) is 28.4 Å². The molecule has 5 rings (SSSR count). The molecule has 0 N–H and O–H groups in total. The number of esters is 1. The molecule has 184 valence electrons. The minimum absolute atomic E-state index is 0.00915. The van der Waals surface area contributed by atoms with Crippen molar-refractivity contribution < 1.29 is 28.8 Å². The number of hydrogen-bond donors (Lipinski definition) is 0. The third-order valence-corrected chi connectivity index (χ3v) is 7.02. The van der Waals surface area contributed by atoms with Gasteiger partial charge in [-0.25, -0.2) is 0 Å². The summed E-state index contributed by atoms with van der Waals surface area (Å²) < 4.78 is 5.46. The van der Waals surface area contributed by atoms with E-state index >= 15 is 0 Å². The number of rotatable bonds is 5. The van der Waals surface area contributed by atoms with Gasteiger partial charge in [-0.2, -0.15) is 0 Å². The minimum Gasteiger partial charge on any atom is -0.426 e. The van der Waals surface area contributed by atoms with Gasteiger partial charge in [-0.15, -0.1) is 0 Å². The van der Waals surface area contributed by atoms with Crippen LogP contribution in [0.3, 0.4) is 0 Å². The topological polar surface area (TPSA) is 127 Å². The highest BCUT2D eigenvalue weighted by atomic mass is 16.6. The van der Waals surface area contributed by atoms with Crippen LogP contribution in [-0.2, 0) is 19.2 Å². The van der Waals surface area contributed by atoms with Crippen LogP contribution in [0.4, 0.5) is 17.1 Å². The van der Waals surface area contributed by atoms with Crippen molar-refractivity contribution >= 4 is 40.8 Å². The van der Waals surface area contributed by atoms with Crippen molar-refractivity contribution in [2.45, 2.75) is 19.8 Å². The van der Waals surface area contributed by atoms with E-state index in [4.69, 9.17) is 4.74 Å². The smallest absolute Gasteiger partial charge is 0.316 e. The fraction of sp³-hybridized carbons (Fsp3) is 0.308. The third-order valence-electron chi connectivity index (χ3n) is 7.02. The van der Waals surface area contributed by atoms with Gasteiger partial charge in [-0.1, -0.05) is 19.1 Å². The molecule has 0 unspecified atom stereocenters. The van der Waals surface area contributed by atoms with Crippen molar-refractivity contribution in [3.8, 4) is 5.75 Å². The van der Waals surface area contributed by atoms with Crippen LogP contribution in [0.15, 0.2) is 60.7 Å². The molecule has 0 spiro atoms. The molecule has 0 radical (unpaired) electrons. The van der Waals surface area contributed by atoms with E-state index in [2.05, 4.69) is 0 Å². The highest BCUT2D eigenvalue weighted by Gasteiger charge is 2.50. The quantitative estimate of drug-likeness (QED) is 0.158. The van der Waals surface area contributed by atoms with Gasteiger partial charge >= 0.3 is 5.97 Å². The van der Waals surface area contributed by atoms with Gasteiger partial charge in [-0.3, -0.25) is 34.2 Å². The highest BCUT2D eigenvalue weighted by Crippen LogP contribution is 2.40. The van der Waals surface area contributed by atoms with Crippen molar-refractivity contribution in [3.05, 3.63) is 70.8 Å². The van der Waals surface area contributed by atoms with Crippen molar-refractivity contribution in [1.82, 2.24) is 0 Å². The lowest BCUT2D eigenvalue weighted by Gasteiger charge is -2.22. The molecule has 2 aromatic carbocycles. The van der Waals surface area contributed by atoms with Crippen LogP contribution in [0.5, 0.6) is 5.75 Å². The van der Waals surface area contributed by atoms with Gasteiger partial charge in [0.25, 0.3) is 5.69 Å². The molecule has 2 aromatic rings. The lowest BCUT2D eigenvalue weighted by Crippen LogP contribution is -2.31. The number of anilines is 2. The molecule has 10 heteroatoms. The van der Waals surface area contributed by atoms with Crippen molar-refractivity contribution in [3.63, 3.8) is 0 Å². The van der Waals surface area contributed by atoms with Crippen molar-refractivity contribution in [1.29, 1.82) is 0 Å². The summed E-state index contributed by atoms with van der Waals surface area (Å²) in [6, 6.07) is 11.7. The molecule has 0 saturated carbocycles. The summed E-state index contributed by atoms with van der Waals surface area (Å²) in [5.74, 6) is -2.50. The number of ether oxygens (including phenoxy) is 1. The van der Waals surface area contributed by atoms with Crippen molar-refractivity contribution in [2.24, 2.45) is 23.7 Å². The second-order valence-corrected chi connectivity index (χ2v) is 9.26. The van der Waals surface area contributed by atoms with Gasteiger partial charge in [0.15, 0.2) is 0 Å². The molecule has 1 aliphatic carbocycles. The summed E-state index contributed by atoms with van der Waals surface area (Å²) in [5, 5.41) is 10.8. The molecule has 2 fully saturated rings. The van der Waals surface area contributed by atoms with Gasteiger partial charge < -0.3 is 9.64 Å². The third kappa shape index (κ3) is 4.04. The molecule has 36 heavy (non-hydrogen) atoms. The monoisotopic (exact) mass is 489 g/mol. The second kappa shape index (κ2) is 9.03. The first-order valence-corrected chi connectivity index (χ1v) is 11.7. The Balaban J connectivity index is 1.23. The van der Waals surface area contributed by atoms with E-state index in [1.165, 1.54) is 46.2 Å². The van der Waals surface area contributed by atoms with E-state index in [0.29, 0.717) is 17.8 Å². The average Bonchev–Trinajstić information content (AvgIpc) is 3.38. The number of hydrogen-bond acceptors (Lipinski definition) is 7. The number of benzene rings is 2. The van der Waals surface area contributed by atoms with Crippen LogP contribution in [0.25, 0.3) is 0 Å². The first-order valence-electron chi connectivity index (χ1n) is 11.7. The Morgan fingerprint density at radius 1 is 1.00 bits per heavy atom. The summed E-state index contributed by atoms with van der Waals surface area (Å²) in [6.45, 7) is 2.03. The Kier molecular flexibility index (Phi) is 5.87. The number of allylic oxidation sites excluding steroid dienone is 2. The number of amides is 3. The van der Waals surface area contributed by atoms with Crippen LogP contribution in [0.2, 0.25) is 0 Å². The lowest BCUT2D eigenvalue weighted by molar-refractivity contribution is -0.384. The number of fused-ring (bicyclic) bond motifs is 1. The Morgan fingerprint density at radius 3 is 2.31 bits per heavy atom. The SMILES string of the molecule is C[C@@H]1C=CC[C@@H]2C(=O)N(c3ccc(OC(=O)[C@H]4CC(=O)N(c5ccc([N+](=O)[O-])cc5)C4)cc3)C(=O)[C@H]12. The number of nitro groups is 1. The zero-order valence-electron chi connectivity index (χ0n) is 19.4. The Bertz CT molecular complexity index is 1290. The zero-order valence-corrected chi connectivity index (χ0v) is 19.4. The molecule has 2 aliphatic heterocycles. The second-order valence-electron chi connectivity index (χ2n) is 9.26. The standard InChI is InChI=1S/C26H23N3O7/c1-15-3-2-4-21-23(15)25(32)28(24(21)31)18-9-11-20(12-10-18)36-26(33)16-13-22(30)27(14-16)17-5-7-19(8-6-17)29(34)35/h2-3,5-12,15-16,21,23H,4,13-14H2,1H3/t15-,16+,21+,23-/m1/s1. The zero-order chi connectivity index (χ0) is 25.6. The number of carbonyl (C=O) groups excluding carboxylic acids is 4. The summed E-state index contributed by atoms with van der Waals surface area (Å²) >= 11 is 0. The Hall–Kier alpha value is -4.34. The molecule has 3 aliphatic rings. The molecular weight excluding hydrogens is 466 g/mol. The van der Waals surface area contributed by atoms with E-state index in [1.807, 2.05) is 19.1 Å². The number of non-ortho nitro benzene ring substituents is 1. The molecule has 4 atom stereocenters. The summed E-state index contributed by atoms with van der Waals surface area (Å²) in [7, 11) is 0. The lowest BCUT2D eigenvalue weighted by atomic mass is 9.78. The fourth-order valence-electron chi connectivity index (χ4n) is 5.13. The van der Waals surface area contributed by atoms with Gasteiger partial charge in [0.1, 0.15) is 5.75 Å². The average molecular weight is 489 g/mol. The predicted octanol–water partition coefficient (Wildman–Crippen LogP) is 3.25. The first-order chi connectivity index (χ1) is 17.2. The molecular formula is C26H23N3O7. The van der Waals surface area contributed by atoms with E-state index in [9.17, 15) is 29.3 Å². The summed E-state index contributed by atoms with van der Waals surface area (Å²) in [4.78, 5) is 63.9. The number of imide groups is 1. The maximum absolute atomic E-state index is 12.9. The maximum Gasteiger partial charge on any atom is 0.316 e. The normalized spacial score (nSPS) is 25.3. The van der Waals surface area contributed by atoms with E-state index in [1.54, 1.807) is 12.1 Å². The first kappa shape index (κ1) is 23.4. The van der Waals surface area contributed by atoms with Crippen LogP contribution in [0.1, 0.15) is 19.8 Å². The van der Waals surface area contributed by atoms with Crippen LogP contribution >= 0.6 is 0 Å². The molecule has 0 bridgehead atoms. The van der Waals surface area contributed by atoms with Crippen LogP contribution < -0.4 is 14.5 Å². The van der Waals surface area contributed by atoms with E-state index < -0.39 is 16.8 Å². The Morgan fingerprint density at radius 2 is 1.67 bits per heavy atom. The van der Waals surface area contributed by atoms with Gasteiger partial charge in [0, 0.05) is 30.8 Å². The molecule has 2 saturated heterocycles. The van der Waals surface area contributed by atoms with Gasteiger partial charge in [0.2, 0.25) is 17.7 Å². The minimum atomic E-state index is -0.703. The van der Waals surface area contributed by atoms with Crippen molar-refractivity contribution in [2.75, 3.05) is 16.3 Å². The molecule has 2 heterocycles. The summed E-state index contributed by atoms with van der Waals surface area (Å²) in [6.07, 6.45) is 4.41. The Labute approximate surface area is 206 Å². The fourth-order valence-corrected chi connectivity index (χ4v) is 5.13. The van der Waals surface area contributed by atoms with Crippen LogP contribution in [0, 0.1) is 33.8 Å². The molecule has 10 nitrogen and oxygen atoms in total. The van der Waals surface area contributed by atoms with E-state index in [-0.39, 0.29) is 59.9 Å². The van der Waals surface area contributed by atoms with E-state index in [0.717, 1.165) is 0 Å². The van der Waals surface area contributed by atoms with Gasteiger partial charge in [-0.05, 0) is 48.7 Å². The predicted molar refractivity (Wildman–Crippen MR) is 128 cm³/mol. The highest BCUT2D eigenvalue weighted by molar-refractivity contribution is 6.22. The maximum atomic E-state index is 12.9. The number of carbonyl (C=O) groups is 4. The molecule has 3 amide bonds. The van der Waals surface area contributed by atoms with Crippen LogP contribution in [-0.4, -0.2) is 35.2 Å². The largest absolute Gasteiger partial charge is 0.426 e. The molecule has 0 aromatic heterocycles. The number of nitrogens with zero attached hydrogens (tertiary/aromatic N) is 3. The number of nitro benzene ring substituents is 1. The summed E-state index contributed by atoms with van der Waals surface area (Å²) in [5.41, 5.74) is 0.800.